The molecule has 0 aliphatic carbocycles. The number of hydrogen-bond acceptors (Lipinski definition) is 4. The van der Waals surface area contributed by atoms with Gasteiger partial charge in [0.25, 0.3) is 11.5 Å². The molecule has 0 radical (unpaired) electrons. The molecule has 0 spiro atoms. The average molecular weight is 456 g/mol. The normalized spacial score (nSPS) is 10.7. The fourth-order valence-corrected chi connectivity index (χ4v) is 3.18. The van der Waals surface area contributed by atoms with Gasteiger partial charge in [0, 0.05) is 16.7 Å². The second-order valence-corrected chi connectivity index (χ2v) is 6.69. The second-order valence-electron chi connectivity index (χ2n) is 5.53. The molecule has 8 heteroatoms. The van der Waals surface area contributed by atoms with Crippen molar-refractivity contribution in [2.24, 2.45) is 0 Å². The lowest BCUT2D eigenvalue weighted by molar-refractivity contribution is 0.0987. The SMILES string of the molecule is CCCCn1c(N)c(N(CC)C(=O)c2ccccc2I)c(=O)[nH]c1=O. The first kappa shape index (κ1) is 19.2. The zero-order chi connectivity index (χ0) is 18.6. The van der Waals surface area contributed by atoms with E-state index in [9.17, 15) is 14.4 Å². The molecule has 3 N–H and O–H groups in total. The van der Waals surface area contributed by atoms with E-state index < -0.39 is 11.2 Å². The molecule has 7 nitrogen and oxygen atoms in total. The number of unbranched alkanes of at least 4 members (excludes halogenated alkanes) is 1. The Balaban J connectivity index is 2.58. The van der Waals surface area contributed by atoms with Crippen LogP contribution in [0.1, 0.15) is 37.0 Å². The Kier molecular flexibility index (Phi) is 6.40. The van der Waals surface area contributed by atoms with Crippen LogP contribution in [-0.2, 0) is 6.54 Å². The van der Waals surface area contributed by atoms with E-state index in [1.54, 1.807) is 19.1 Å². The molecule has 2 aromatic rings. The van der Waals surface area contributed by atoms with Crippen molar-refractivity contribution in [1.82, 2.24) is 9.55 Å². The molecule has 0 atom stereocenters. The number of carbonyl (C=O) groups excluding carboxylic acids is 1. The number of H-pyrrole nitrogens is 1. The lowest BCUT2D eigenvalue weighted by Gasteiger charge is -2.23. The van der Waals surface area contributed by atoms with Crippen LogP contribution in [0, 0.1) is 3.57 Å². The van der Waals surface area contributed by atoms with Gasteiger partial charge >= 0.3 is 5.69 Å². The van der Waals surface area contributed by atoms with Gasteiger partial charge < -0.3 is 10.6 Å². The Bertz CT molecular complexity index is 888. The number of hydrogen-bond donors (Lipinski definition) is 2. The maximum absolute atomic E-state index is 12.9. The summed E-state index contributed by atoms with van der Waals surface area (Å²) in [5.74, 6) is -0.311. The van der Waals surface area contributed by atoms with Gasteiger partial charge in [-0.2, -0.15) is 0 Å². The predicted octanol–water partition coefficient (Wildman–Crippen LogP) is 2.19. The zero-order valence-corrected chi connectivity index (χ0v) is 16.4. The number of anilines is 2. The smallest absolute Gasteiger partial charge is 0.330 e. The summed E-state index contributed by atoms with van der Waals surface area (Å²) in [6, 6.07) is 7.11. The number of nitrogen functional groups attached to an aromatic ring is 1. The minimum atomic E-state index is -0.656. The van der Waals surface area contributed by atoms with Gasteiger partial charge in [0.05, 0.1) is 5.56 Å². The van der Waals surface area contributed by atoms with Crippen molar-refractivity contribution in [2.75, 3.05) is 17.2 Å². The summed E-state index contributed by atoms with van der Waals surface area (Å²) >= 11 is 2.07. The van der Waals surface area contributed by atoms with E-state index in [-0.39, 0.29) is 24.0 Å². The molecule has 0 fully saturated rings. The highest BCUT2D eigenvalue weighted by atomic mass is 127. The first-order valence-electron chi connectivity index (χ1n) is 8.11. The fourth-order valence-electron chi connectivity index (χ4n) is 2.56. The molecule has 0 saturated heterocycles. The average Bonchev–Trinajstić information content (AvgIpc) is 2.58. The van der Waals surface area contributed by atoms with E-state index in [1.807, 2.05) is 19.1 Å². The summed E-state index contributed by atoms with van der Waals surface area (Å²) in [6.07, 6.45) is 1.62. The minimum Gasteiger partial charge on any atom is -0.383 e. The fraction of sp³-hybridized carbons (Fsp3) is 0.353. The summed E-state index contributed by atoms with van der Waals surface area (Å²) < 4.78 is 2.09. The lowest BCUT2D eigenvalue weighted by Crippen LogP contribution is -2.41. The van der Waals surface area contributed by atoms with E-state index in [0.29, 0.717) is 12.1 Å². The summed E-state index contributed by atoms with van der Waals surface area (Å²) in [5.41, 5.74) is 5.39. The topological polar surface area (TPSA) is 101 Å². The Morgan fingerprint density at radius 2 is 1.96 bits per heavy atom. The monoisotopic (exact) mass is 456 g/mol. The number of benzene rings is 1. The maximum Gasteiger partial charge on any atom is 0.330 e. The Morgan fingerprint density at radius 1 is 1.28 bits per heavy atom. The van der Waals surface area contributed by atoms with Gasteiger partial charge in [-0.3, -0.25) is 19.1 Å². The third-order valence-electron chi connectivity index (χ3n) is 3.88. The molecule has 1 aromatic carbocycles. The number of rotatable bonds is 6. The summed E-state index contributed by atoms with van der Waals surface area (Å²) in [7, 11) is 0. The number of aromatic amines is 1. The number of carbonyl (C=O) groups is 1. The lowest BCUT2D eigenvalue weighted by atomic mass is 10.2. The van der Waals surface area contributed by atoms with Crippen LogP contribution >= 0.6 is 22.6 Å². The molecule has 0 aliphatic heterocycles. The molecule has 2 rings (SSSR count). The van der Waals surface area contributed by atoms with E-state index in [1.165, 1.54) is 9.47 Å². The minimum absolute atomic E-state index is 0.0165. The van der Waals surface area contributed by atoms with Gasteiger partial charge in [-0.1, -0.05) is 25.5 Å². The quantitative estimate of drug-likeness (QED) is 0.651. The number of nitrogens with zero attached hydrogens (tertiary/aromatic N) is 2. The van der Waals surface area contributed by atoms with E-state index in [0.717, 1.165) is 16.4 Å². The van der Waals surface area contributed by atoms with Crippen LogP contribution in [0.2, 0.25) is 0 Å². The second kappa shape index (κ2) is 8.32. The molecule has 134 valence electrons. The maximum atomic E-state index is 12.9. The number of aromatic nitrogens is 2. The zero-order valence-electron chi connectivity index (χ0n) is 14.2. The van der Waals surface area contributed by atoms with Gasteiger partial charge in [-0.15, -0.1) is 0 Å². The largest absolute Gasteiger partial charge is 0.383 e. The highest BCUT2D eigenvalue weighted by molar-refractivity contribution is 14.1. The molecule has 1 amide bonds. The Labute approximate surface area is 159 Å². The number of halogens is 1. The van der Waals surface area contributed by atoms with Gasteiger partial charge in [0.1, 0.15) is 5.82 Å². The molecule has 0 aliphatic rings. The van der Waals surface area contributed by atoms with Crippen molar-refractivity contribution in [1.29, 1.82) is 0 Å². The van der Waals surface area contributed by atoms with Crippen LogP contribution < -0.4 is 21.9 Å². The van der Waals surface area contributed by atoms with Crippen molar-refractivity contribution in [3.05, 3.63) is 54.2 Å². The third kappa shape index (κ3) is 3.94. The van der Waals surface area contributed by atoms with Gasteiger partial charge in [0.2, 0.25) is 0 Å². The number of amides is 1. The van der Waals surface area contributed by atoms with Crippen molar-refractivity contribution >= 4 is 40.0 Å². The Hall–Kier alpha value is -2.10. The van der Waals surface area contributed by atoms with Gasteiger partial charge in [-0.05, 0) is 48.1 Å². The summed E-state index contributed by atoms with van der Waals surface area (Å²) in [4.78, 5) is 40.9. The van der Waals surface area contributed by atoms with Crippen LogP contribution in [-0.4, -0.2) is 22.0 Å². The molecule has 1 heterocycles. The van der Waals surface area contributed by atoms with Crippen LogP contribution in [0.3, 0.4) is 0 Å². The predicted molar refractivity (Wildman–Crippen MR) is 107 cm³/mol. The summed E-state index contributed by atoms with van der Waals surface area (Å²) in [5, 5.41) is 0. The van der Waals surface area contributed by atoms with Crippen molar-refractivity contribution in [2.45, 2.75) is 33.2 Å². The Morgan fingerprint density at radius 3 is 2.56 bits per heavy atom. The molecular formula is C17H21IN4O3. The third-order valence-corrected chi connectivity index (χ3v) is 4.83. The van der Waals surface area contributed by atoms with E-state index in [4.69, 9.17) is 5.73 Å². The van der Waals surface area contributed by atoms with Crippen LogP contribution in [0.4, 0.5) is 11.5 Å². The molecule has 1 aromatic heterocycles. The van der Waals surface area contributed by atoms with Gasteiger partial charge in [-0.25, -0.2) is 4.79 Å². The van der Waals surface area contributed by atoms with E-state index in [2.05, 4.69) is 27.6 Å². The highest BCUT2D eigenvalue weighted by Crippen LogP contribution is 2.21. The van der Waals surface area contributed by atoms with Crippen LogP contribution in [0.15, 0.2) is 33.9 Å². The first-order valence-corrected chi connectivity index (χ1v) is 9.19. The molecular weight excluding hydrogens is 435 g/mol. The van der Waals surface area contributed by atoms with Crippen molar-refractivity contribution < 1.29 is 4.79 Å². The van der Waals surface area contributed by atoms with Crippen LogP contribution in [0.25, 0.3) is 0 Å². The van der Waals surface area contributed by atoms with Crippen molar-refractivity contribution in [3.8, 4) is 0 Å². The van der Waals surface area contributed by atoms with Gasteiger partial charge in [0.15, 0.2) is 5.69 Å². The molecule has 0 saturated carbocycles. The van der Waals surface area contributed by atoms with E-state index >= 15 is 0 Å². The molecule has 0 bridgehead atoms. The highest BCUT2D eigenvalue weighted by Gasteiger charge is 2.24. The molecule has 0 unspecified atom stereocenters. The molecule has 25 heavy (non-hydrogen) atoms. The standard InChI is InChI=1S/C17H21IN4O3/c1-3-5-10-22-14(19)13(15(23)20-17(22)25)21(4-2)16(24)11-8-6-7-9-12(11)18/h6-9H,3-5,10,19H2,1-2H3,(H,20,23,25). The number of nitrogens with two attached hydrogens (primary N) is 1. The number of nitrogens with one attached hydrogen (secondary N) is 1. The first-order chi connectivity index (χ1) is 11.9. The summed E-state index contributed by atoms with van der Waals surface area (Å²) in [6.45, 7) is 4.39. The van der Waals surface area contributed by atoms with Crippen molar-refractivity contribution in [3.63, 3.8) is 0 Å². The van der Waals surface area contributed by atoms with Crippen LogP contribution in [0.5, 0.6) is 0 Å².